The van der Waals surface area contributed by atoms with Gasteiger partial charge in [-0.05, 0) is 6.42 Å². The van der Waals surface area contributed by atoms with Crippen molar-refractivity contribution in [3.05, 3.63) is 36.4 Å². The van der Waals surface area contributed by atoms with Gasteiger partial charge in [0.05, 0.1) is 18.7 Å². The van der Waals surface area contributed by atoms with E-state index in [4.69, 9.17) is 10.8 Å². The van der Waals surface area contributed by atoms with Gasteiger partial charge in [-0.25, -0.2) is 14.8 Å². The number of hydrogen-bond donors (Lipinski definition) is 9. The lowest BCUT2D eigenvalue weighted by atomic mass is 10.1. The van der Waals surface area contributed by atoms with Crippen molar-refractivity contribution in [1.82, 2.24) is 35.9 Å². The van der Waals surface area contributed by atoms with Gasteiger partial charge in [-0.1, -0.05) is 0 Å². The van der Waals surface area contributed by atoms with E-state index < -0.39 is 53.8 Å². The van der Waals surface area contributed by atoms with Gasteiger partial charge in [0.2, 0.25) is 17.7 Å². The summed E-state index contributed by atoms with van der Waals surface area (Å²) in [6.07, 6.45) is 5.01. The fourth-order valence-corrected chi connectivity index (χ4v) is 3.33. The van der Waals surface area contributed by atoms with Gasteiger partial charge in [-0.2, -0.15) is 12.6 Å². The number of carbonyl (C=O) groups is 5. The second-order valence-electron chi connectivity index (χ2n) is 7.81. The van der Waals surface area contributed by atoms with E-state index in [0.717, 1.165) is 0 Å². The summed E-state index contributed by atoms with van der Waals surface area (Å²) in [6.45, 7) is 0. The van der Waals surface area contributed by atoms with E-state index in [-0.39, 0.29) is 31.4 Å². The minimum absolute atomic E-state index is 0.0562. The first-order valence-electron chi connectivity index (χ1n) is 10.8. The molecule has 3 amide bonds. The lowest BCUT2D eigenvalue weighted by Crippen LogP contribution is -2.58. The van der Waals surface area contributed by atoms with Gasteiger partial charge in [0.15, 0.2) is 0 Å². The number of thiol groups is 1. The average molecular weight is 525 g/mol. The Kier molecular flexibility index (Phi) is 10.9. The lowest BCUT2D eigenvalue weighted by molar-refractivity contribution is -0.142. The minimum atomic E-state index is -1.31. The molecule has 9 N–H and O–H groups in total. The number of carboxylic acid groups (broad SMARTS) is 2. The number of rotatable bonds is 15. The molecular weight excluding hydrogens is 496 g/mol. The van der Waals surface area contributed by atoms with Gasteiger partial charge in [-0.3, -0.25) is 19.2 Å². The second-order valence-corrected chi connectivity index (χ2v) is 8.17. The maximum atomic E-state index is 13.0. The van der Waals surface area contributed by atoms with Gasteiger partial charge in [0.1, 0.15) is 18.1 Å². The molecule has 2 aromatic heterocycles. The van der Waals surface area contributed by atoms with Crippen LogP contribution in [0, 0.1) is 0 Å². The number of imidazole rings is 2. The summed E-state index contributed by atoms with van der Waals surface area (Å²) in [4.78, 5) is 73.8. The molecule has 0 fully saturated rings. The van der Waals surface area contributed by atoms with Crippen LogP contribution in [0.3, 0.4) is 0 Å². The van der Waals surface area contributed by atoms with Crippen molar-refractivity contribution >= 4 is 42.3 Å². The van der Waals surface area contributed by atoms with E-state index in [9.17, 15) is 29.1 Å². The molecule has 0 aliphatic rings. The first-order chi connectivity index (χ1) is 17.1. The first kappa shape index (κ1) is 28.3. The largest absolute Gasteiger partial charge is 0.481 e. The number of aliphatic carboxylic acids is 2. The van der Waals surface area contributed by atoms with Crippen molar-refractivity contribution in [2.24, 2.45) is 5.73 Å². The molecule has 0 saturated carbocycles. The van der Waals surface area contributed by atoms with Crippen molar-refractivity contribution in [3.8, 4) is 0 Å². The molecule has 0 spiro atoms. The Hall–Kier alpha value is -3.92. The number of hydrogen-bond acceptors (Lipinski definition) is 9. The lowest BCUT2D eigenvalue weighted by Gasteiger charge is -2.24. The van der Waals surface area contributed by atoms with E-state index in [1.807, 2.05) is 0 Å². The zero-order chi connectivity index (χ0) is 26.7. The van der Waals surface area contributed by atoms with Crippen molar-refractivity contribution in [2.75, 3.05) is 5.75 Å². The Morgan fingerprint density at radius 1 is 0.861 bits per heavy atom. The summed E-state index contributed by atoms with van der Waals surface area (Å²) in [5, 5.41) is 25.5. The smallest absolute Gasteiger partial charge is 0.326 e. The quantitative estimate of drug-likeness (QED) is 0.112. The van der Waals surface area contributed by atoms with E-state index in [1.165, 1.54) is 25.0 Å². The summed E-state index contributed by atoms with van der Waals surface area (Å²) in [5.41, 5.74) is 6.64. The highest BCUT2D eigenvalue weighted by Gasteiger charge is 2.30. The van der Waals surface area contributed by atoms with Gasteiger partial charge >= 0.3 is 11.9 Å². The third-order valence-corrected chi connectivity index (χ3v) is 5.39. The van der Waals surface area contributed by atoms with Gasteiger partial charge in [0, 0.05) is 48.8 Å². The summed E-state index contributed by atoms with van der Waals surface area (Å²) >= 11 is 4.06. The van der Waals surface area contributed by atoms with Crippen LogP contribution < -0.4 is 21.7 Å². The number of amides is 3. The van der Waals surface area contributed by atoms with Crippen molar-refractivity contribution < 1.29 is 34.2 Å². The molecule has 0 bridgehead atoms. The monoisotopic (exact) mass is 524 g/mol. The Balaban J connectivity index is 2.10. The molecule has 4 atom stereocenters. The Morgan fingerprint density at radius 2 is 1.36 bits per heavy atom. The maximum Gasteiger partial charge on any atom is 0.326 e. The zero-order valence-electron chi connectivity index (χ0n) is 19.0. The molecule has 2 aromatic rings. The predicted molar refractivity (Wildman–Crippen MR) is 127 cm³/mol. The number of carbonyl (C=O) groups excluding carboxylic acids is 3. The molecule has 0 saturated heterocycles. The van der Waals surface area contributed by atoms with Crippen molar-refractivity contribution in [1.29, 1.82) is 0 Å². The van der Waals surface area contributed by atoms with E-state index >= 15 is 0 Å². The Labute approximate surface area is 210 Å². The number of nitrogens with two attached hydrogens (primary N) is 1. The van der Waals surface area contributed by atoms with Crippen LogP contribution in [-0.4, -0.2) is 89.7 Å². The molecule has 2 rings (SSSR count). The average Bonchev–Trinajstić information content (AvgIpc) is 3.54. The number of nitrogens with one attached hydrogen (secondary N) is 5. The van der Waals surface area contributed by atoms with Gasteiger partial charge < -0.3 is 41.9 Å². The molecule has 196 valence electrons. The Morgan fingerprint density at radius 3 is 1.83 bits per heavy atom. The number of aromatic nitrogens is 4. The van der Waals surface area contributed by atoms with Crippen LogP contribution in [0.25, 0.3) is 0 Å². The van der Waals surface area contributed by atoms with E-state index in [2.05, 4.69) is 48.5 Å². The van der Waals surface area contributed by atoms with E-state index in [1.54, 1.807) is 0 Å². The van der Waals surface area contributed by atoms with Crippen molar-refractivity contribution in [3.63, 3.8) is 0 Å². The number of aromatic amines is 2. The molecule has 0 aliphatic carbocycles. The molecule has 15 nitrogen and oxygen atoms in total. The minimum Gasteiger partial charge on any atom is -0.481 e. The van der Waals surface area contributed by atoms with Crippen molar-refractivity contribution in [2.45, 2.75) is 49.9 Å². The fourth-order valence-electron chi connectivity index (χ4n) is 3.07. The van der Waals surface area contributed by atoms with Gasteiger partial charge in [0.25, 0.3) is 0 Å². The molecule has 0 radical (unpaired) electrons. The van der Waals surface area contributed by atoms with Crippen LogP contribution in [0.1, 0.15) is 24.2 Å². The molecular formula is C20H28N8O7S. The number of H-pyrrole nitrogens is 2. The number of carboxylic acids is 2. The van der Waals surface area contributed by atoms with Crippen LogP contribution in [0.2, 0.25) is 0 Å². The third-order valence-electron chi connectivity index (χ3n) is 5.03. The van der Waals surface area contributed by atoms with Crippen LogP contribution in [0.15, 0.2) is 25.0 Å². The standard InChI is InChI=1S/C20H28N8O7S/c21-12(1-2-16(29)30)17(31)28-15(7-36)19(33)26-13(3-10-5-22-8-24-10)18(32)27-14(20(34)35)4-11-6-23-9-25-11/h5-6,8-9,12-15,36H,1-4,7,21H2,(H,22,24)(H,23,25)(H,26,33)(H,27,32)(H,28,31)(H,29,30)(H,34,35). The van der Waals surface area contributed by atoms with Gasteiger partial charge in [-0.15, -0.1) is 0 Å². The van der Waals surface area contributed by atoms with Crippen LogP contribution >= 0.6 is 12.6 Å². The predicted octanol–water partition coefficient (Wildman–Crippen LogP) is -2.42. The van der Waals surface area contributed by atoms with Crippen LogP contribution in [-0.2, 0) is 36.8 Å². The highest BCUT2D eigenvalue weighted by molar-refractivity contribution is 7.80. The zero-order valence-corrected chi connectivity index (χ0v) is 19.9. The molecule has 4 unspecified atom stereocenters. The summed E-state index contributed by atoms with van der Waals surface area (Å²) in [6, 6.07) is -4.92. The Bertz CT molecular complexity index is 1030. The molecule has 0 aromatic carbocycles. The third kappa shape index (κ3) is 9.03. The maximum absolute atomic E-state index is 13.0. The highest BCUT2D eigenvalue weighted by atomic mass is 32.1. The number of nitrogens with zero attached hydrogens (tertiary/aromatic N) is 2. The molecule has 0 aliphatic heterocycles. The topological polar surface area (TPSA) is 245 Å². The summed E-state index contributed by atoms with van der Waals surface area (Å²) < 4.78 is 0. The van der Waals surface area contributed by atoms with Crippen LogP contribution in [0.4, 0.5) is 0 Å². The summed E-state index contributed by atoms with van der Waals surface area (Å²) in [7, 11) is 0. The fraction of sp³-hybridized carbons (Fsp3) is 0.450. The van der Waals surface area contributed by atoms with E-state index in [0.29, 0.717) is 11.4 Å². The molecule has 16 heteroatoms. The second kappa shape index (κ2) is 13.8. The molecule has 2 heterocycles. The van der Waals surface area contributed by atoms with Crippen LogP contribution in [0.5, 0.6) is 0 Å². The SMILES string of the molecule is NC(CCC(=O)O)C(=O)NC(CS)C(=O)NC(Cc1cnc[nH]1)C(=O)NC(Cc1cnc[nH]1)C(=O)O. The molecule has 36 heavy (non-hydrogen) atoms. The normalized spacial score (nSPS) is 14.2. The first-order valence-corrected chi connectivity index (χ1v) is 11.4. The summed E-state index contributed by atoms with van der Waals surface area (Å²) in [5.74, 6) is -4.89. The highest BCUT2D eigenvalue weighted by Crippen LogP contribution is 2.04.